The summed E-state index contributed by atoms with van der Waals surface area (Å²) in [4.78, 5) is 37.8. The van der Waals surface area contributed by atoms with Gasteiger partial charge in [0.05, 0.1) is 29.2 Å². The smallest absolute Gasteiger partial charge is 0.489 e. The van der Waals surface area contributed by atoms with Gasteiger partial charge >= 0.3 is 17.1 Å². The predicted molar refractivity (Wildman–Crippen MR) is 291 cm³/mol. The van der Waals surface area contributed by atoms with Crippen LogP contribution < -0.4 is 45.2 Å². The maximum Gasteiger partial charge on any atom is 2.00 e. The summed E-state index contributed by atoms with van der Waals surface area (Å²) in [6.07, 6.45) is -0.892. The Kier molecular flexibility index (Phi) is 15.7. The first-order chi connectivity index (χ1) is 34.3. The third-order valence-electron chi connectivity index (χ3n) is 14.2. The molecule has 0 aliphatic carbocycles. The van der Waals surface area contributed by atoms with E-state index in [9.17, 15) is 0 Å². The zero-order valence-electron chi connectivity index (χ0n) is 45.5. The maximum atomic E-state index is 7.02. The second kappa shape index (κ2) is 21.5. The van der Waals surface area contributed by atoms with Gasteiger partial charge in [-0.05, 0) is 87.9 Å². The molecule has 0 amide bonds. The fourth-order valence-electron chi connectivity index (χ4n) is 11.1. The average molecular weight is 1030 g/mol. The van der Waals surface area contributed by atoms with Crippen molar-refractivity contribution in [2.75, 3.05) is 0 Å². The number of hydrogen-bond acceptors (Lipinski definition) is 10. The van der Waals surface area contributed by atoms with Gasteiger partial charge in [0.2, 0.25) is 0 Å². The fraction of sp³-hybridized carbons (Fsp3) is 0.483. The van der Waals surface area contributed by atoms with E-state index in [-0.39, 0.29) is 88.8 Å². The Balaban J connectivity index is 0.00000711. The molecule has 9 rings (SSSR count). The number of nitrogens with one attached hydrogen (secondary N) is 1. The molecule has 1 radical (unpaired) electrons. The van der Waals surface area contributed by atoms with E-state index in [1.54, 1.807) is 0 Å². The Morgan fingerprint density at radius 2 is 0.890 bits per heavy atom. The molecule has 4 aromatic carbocycles. The van der Waals surface area contributed by atoms with Crippen LogP contribution in [0.2, 0.25) is 0 Å². The van der Waals surface area contributed by atoms with Gasteiger partial charge in [0.1, 0.15) is 47.4 Å². The third-order valence-corrected chi connectivity index (χ3v) is 14.2. The Morgan fingerprint density at radius 3 is 1.44 bits per heavy atom. The third kappa shape index (κ3) is 10.3. The number of aliphatic imine (C=N–C) groups is 3. The van der Waals surface area contributed by atoms with Crippen molar-refractivity contribution >= 4 is 50.7 Å². The second-order valence-corrected chi connectivity index (χ2v) is 22.7. The van der Waals surface area contributed by atoms with Crippen LogP contribution in [-0.2, 0) is 17.1 Å². The molecule has 8 bridgehead atoms. The van der Waals surface area contributed by atoms with E-state index in [1.807, 2.05) is 66.7 Å². The first kappa shape index (κ1) is 53.4. The van der Waals surface area contributed by atoms with Crippen molar-refractivity contribution in [3.8, 4) is 23.0 Å². The summed E-state index contributed by atoms with van der Waals surface area (Å²) in [7, 11) is 0. The minimum atomic E-state index is -0.618. The second-order valence-electron chi connectivity index (χ2n) is 22.7. The van der Waals surface area contributed by atoms with Crippen LogP contribution in [0.1, 0.15) is 139 Å². The molecule has 0 spiro atoms. The Morgan fingerprint density at radius 1 is 0.425 bits per heavy atom. The van der Waals surface area contributed by atoms with Crippen LogP contribution in [0.25, 0.3) is 21.5 Å². The molecule has 0 fully saturated rings. The van der Waals surface area contributed by atoms with E-state index in [1.165, 1.54) is 0 Å². The van der Waals surface area contributed by atoms with E-state index in [0.29, 0.717) is 57.4 Å². The van der Waals surface area contributed by atoms with E-state index in [4.69, 9.17) is 53.9 Å². The van der Waals surface area contributed by atoms with Gasteiger partial charge in [-0.15, -0.1) is 0 Å². The van der Waals surface area contributed by atoms with Crippen LogP contribution in [0.5, 0.6) is 23.0 Å². The number of benzene rings is 4. The van der Waals surface area contributed by atoms with Crippen LogP contribution in [0.4, 0.5) is 11.6 Å². The topological polar surface area (TPSA) is 139 Å². The van der Waals surface area contributed by atoms with Crippen molar-refractivity contribution in [1.82, 2.24) is 15.3 Å². The SMILES string of the molecule is CC(C)C(Oc1cccc2c1C1=N/C2=N\c2[n-]c(c3cccc(OC(C(C)C)C(C)C)c23)/N=C2\NC(/N=c3\[n-]c(c4cccc(OC(C(C)C)C(C)C)c34)=N1)c1cccc(OC(C(C)C)C(C)C)c12)C(C)C.[Cu+2]. The minimum absolute atomic E-state index is 0. The first-order valence-corrected chi connectivity index (χ1v) is 26.4. The van der Waals surface area contributed by atoms with Crippen LogP contribution in [0, 0.1) is 47.3 Å². The van der Waals surface area contributed by atoms with E-state index < -0.39 is 6.17 Å². The molecule has 3 aliphatic rings. The van der Waals surface area contributed by atoms with Gasteiger partial charge in [-0.3, -0.25) is 0 Å². The van der Waals surface area contributed by atoms with E-state index in [2.05, 4.69) is 122 Å². The Bertz CT molecular complexity index is 3180. The summed E-state index contributed by atoms with van der Waals surface area (Å²) in [6, 6.07) is 24.3. The van der Waals surface area contributed by atoms with Gasteiger partial charge in [-0.25, -0.2) is 4.99 Å². The van der Waals surface area contributed by atoms with Crippen LogP contribution in [-0.4, -0.2) is 41.9 Å². The molecule has 0 saturated heterocycles. The molecule has 2 aromatic heterocycles. The molecule has 5 heterocycles. The van der Waals surface area contributed by atoms with Crippen LogP contribution in [0.15, 0.2) is 97.8 Å². The van der Waals surface area contributed by atoms with Crippen molar-refractivity contribution in [3.05, 3.63) is 106 Å². The predicted octanol–water partition coefficient (Wildman–Crippen LogP) is 12.6. The Labute approximate surface area is 442 Å². The summed E-state index contributed by atoms with van der Waals surface area (Å²) in [6.45, 7) is 35.1. The quantitative estimate of drug-likeness (QED) is 0.0952. The normalized spacial score (nSPS) is 17.2. The summed E-state index contributed by atoms with van der Waals surface area (Å²) < 4.78 is 28.0. The van der Waals surface area contributed by atoms with Crippen molar-refractivity contribution in [3.63, 3.8) is 0 Å². The van der Waals surface area contributed by atoms with Crippen LogP contribution >= 0.6 is 0 Å². The summed E-state index contributed by atoms with van der Waals surface area (Å²) in [5.41, 5.74) is 4.18. The number of hydrogen-bond donors (Lipinski definition) is 1. The summed E-state index contributed by atoms with van der Waals surface area (Å²) in [5, 5.41) is 6.84. The van der Waals surface area contributed by atoms with Gasteiger partial charge in [0.25, 0.3) is 0 Å². The molecular formula is C60H74CuN8O4. The molecule has 3 aliphatic heterocycles. The van der Waals surface area contributed by atoms with Crippen molar-refractivity contribution in [2.24, 2.45) is 72.3 Å². The molecular weight excluding hydrogens is 960 g/mol. The van der Waals surface area contributed by atoms with Gasteiger partial charge in [-0.1, -0.05) is 159 Å². The van der Waals surface area contributed by atoms with Gasteiger partial charge in [-0.2, -0.15) is 0 Å². The molecule has 73 heavy (non-hydrogen) atoms. The first-order valence-electron chi connectivity index (χ1n) is 26.4. The fourth-order valence-corrected chi connectivity index (χ4v) is 11.1. The number of fused-ring (bicyclic) bond motifs is 19. The number of rotatable bonds is 16. The zero-order valence-corrected chi connectivity index (χ0v) is 46.4. The largest absolute Gasteiger partial charge is 2.00 e. The molecule has 6 aromatic rings. The maximum absolute atomic E-state index is 7.02. The van der Waals surface area contributed by atoms with Crippen molar-refractivity contribution in [2.45, 2.75) is 141 Å². The van der Waals surface area contributed by atoms with Gasteiger partial charge in [0.15, 0.2) is 0 Å². The van der Waals surface area contributed by atoms with Gasteiger partial charge < -0.3 is 54.2 Å². The molecule has 12 nitrogen and oxygen atoms in total. The number of nitrogens with zero attached hydrogens (tertiary/aromatic N) is 7. The number of ether oxygens (including phenoxy) is 4. The standard InChI is InChI=1S/C60H74N8O4.Cu/c1-29(2)49(30(3)4)69-41-25-17-21-37-45(41)57-61-53(37)66-58-47-39(23-19-27-43(47)71-51(33(9)10)34(11)12)55(63-58)68-60-48-40(24-20-28-44(48)72-52(35(13)14)36(15)16)56(64-60)67-59-46-38(54(62-59)65-57)22-18-26-42(46)70-50(31(5)6)32(7)8;/h17-36,49-53H,1-16H3,(H-,61,63,64,65,66,67,68);/q-2;+2. The monoisotopic (exact) mass is 1030 g/mol. The minimum Gasteiger partial charge on any atom is -0.489 e. The molecule has 1 N–H and O–H groups in total. The Hall–Kier alpha value is -5.91. The van der Waals surface area contributed by atoms with E-state index >= 15 is 0 Å². The van der Waals surface area contributed by atoms with Crippen LogP contribution in [0.3, 0.4) is 0 Å². The molecule has 0 saturated carbocycles. The molecule has 1 unspecified atom stereocenters. The van der Waals surface area contributed by atoms with Crippen molar-refractivity contribution < 1.29 is 36.0 Å². The molecule has 389 valence electrons. The molecule has 13 heteroatoms. The van der Waals surface area contributed by atoms with E-state index in [0.717, 1.165) is 49.5 Å². The van der Waals surface area contributed by atoms with Crippen molar-refractivity contribution in [1.29, 1.82) is 0 Å². The number of aromatic nitrogens is 2. The summed E-state index contributed by atoms with van der Waals surface area (Å²) >= 11 is 0. The van der Waals surface area contributed by atoms with Gasteiger partial charge in [0, 0.05) is 44.5 Å². The average Bonchev–Trinajstić information content (AvgIpc) is 4.06. The molecule has 1 atom stereocenters. The number of amidine groups is 3. The summed E-state index contributed by atoms with van der Waals surface area (Å²) in [5.74, 6) is 7.13. The zero-order chi connectivity index (χ0) is 51.4.